The molecule has 3 aromatic rings. The summed E-state index contributed by atoms with van der Waals surface area (Å²) in [6.07, 6.45) is 0.760. The van der Waals surface area contributed by atoms with Gasteiger partial charge in [0, 0.05) is 14.5 Å². The first-order chi connectivity index (χ1) is 12.5. The van der Waals surface area contributed by atoms with Gasteiger partial charge in [0.15, 0.2) is 5.82 Å². The molecule has 2 atom stereocenters. The first kappa shape index (κ1) is 18.6. The fourth-order valence-electron chi connectivity index (χ4n) is 2.76. The molecule has 1 aromatic heterocycles. The molecule has 0 amide bonds. The van der Waals surface area contributed by atoms with Crippen molar-refractivity contribution >= 4 is 45.3 Å². The number of anilines is 1. The molecule has 0 unspecified atom stereocenters. The maximum absolute atomic E-state index is 11.8. The van der Waals surface area contributed by atoms with Gasteiger partial charge in [-0.15, -0.1) is 0 Å². The predicted octanol–water partition coefficient (Wildman–Crippen LogP) is 4.81. The molecular weight excluding hydrogens is 441 g/mol. The SMILES string of the molecule is CC[C@H](C)[C@H](Nc1nc(-c2ccccc2)nc2ccc(I)cc12)C(=O)O. The molecule has 2 N–H and O–H groups in total. The van der Waals surface area contributed by atoms with E-state index in [1.165, 1.54) is 0 Å². The van der Waals surface area contributed by atoms with E-state index in [1.807, 2.05) is 62.4 Å². The molecule has 0 saturated carbocycles. The van der Waals surface area contributed by atoms with Crippen LogP contribution in [0.15, 0.2) is 48.5 Å². The Balaban J connectivity index is 2.15. The third-order valence-electron chi connectivity index (χ3n) is 4.46. The van der Waals surface area contributed by atoms with Crippen molar-refractivity contribution in [2.24, 2.45) is 5.92 Å². The normalized spacial score (nSPS) is 13.3. The Morgan fingerprint density at radius 1 is 1.19 bits per heavy atom. The average molecular weight is 461 g/mol. The molecule has 26 heavy (non-hydrogen) atoms. The number of hydrogen-bond acceptors (Lipinski definition) is 4. The molecule has 134 valence electrons. The topological polar surface area (TPSA) is 75.1 Å². The summed E-state index contributed by atoms with van der Waals surface area (Å²) in [4.78, 5) is 21.1. The van der Waals surface area contributed by atoms with E-state index in [0.717, 1.165) is 26.5 Å². The minimum absolute atomic E-state index is 0.0273. The molecular formula is C20H20IN3O2. The van der Waals surface area contributed by atoms with Crippen LogP contribution in [-0.2, 0) is 4.79 Å². The molecule has 6 heteroatoms. The lowest BCUT2D eigenvalue weighted by Gasteiger charge is -2.22. The Kier molecular flexibility index (Phi) is 5.70. The highest BCUT2D eigenvalue weighted by atomic mass is 127. The monoisotopic (exact) mass is 461 g/mol. The maximum Gasteiger partial charge on any atom is 0.326 e. The van der Waals surface area contributed by atoms with Crippen LogP contribution < -0.4 is 5.32 Å². The minimum atomic E-state index is -0.877. The van der Waals surface area contributed by atoms with E-state index in [2.05, 4.69) is 37.9 Å². The van der Waals surface area contributed by atoms with E-state index < -0.39 is 12.0 Å². The molecule has 3 rings (SSSR count). The molecule has 2 aromatic carbocycles. The van der Waals surface area contributed by atoms with Crippen LogP contribution in [-0.4, -0.2) is 27.1 Å². The first-order valence-corrected chi connectivity index (χ1v) is 9.59. The lowest BCUT2D eigenvalue weighted by molar-refractivity contribution is -0.139. The molecule has 0 saturated heterocycles. The third-order valence-corrected chi connectivity index (χ3v) is 5.13. The Hall–Kier alpha value is -2.22. The van der Waals surface area contributed by atoms with Crippen molar-refractivity contribution in [2.45, 2.75) is 26.3 Å². The third kappa shape index (κ3) is 3.95. The minimum Gasteiger partial charge on any atom is -0.480 e. The number of benzene rings is 2. The van der Waals surface area contributed by atoms with Gasteiger partial charge in [0.2, 0.25) is 0 Å². The van der Waals surface area contributed by atoms with Gasteiger partial charge in [-0.05, 0) is 46.7 Å². The second-order valence-electron chi connectivity index (χ2n) is 6.27. The van der Waals surface area contributed by atoms with Gasteiger partial charge in [-0.1, -0.05) is 50.6 Å². The van der Waals surface area contributed by atoms with Crippen LogP contribution in [0.4, 0.5) is 5.82 Å². The van der Waals surface area contributed by atoms with Crippen molar-refractivity contribution in [3.8, 4) is 11.4 Å². The zero-order valence-corrected chi connectivity index (χ0v) is 16.8. The van der Waals surface area contributed by atoms with Crippen molar-refractivity contribution in [2.75, 3.05) is 5.32 Å². The number of carboxylic acid groups (broad SMARTS) is 1. The average Bonchev–Trinajstić information content (AvgIpc) is 2.65. The van der Waals surface area contributed by atoms with Gasteiger partial charge in [0.25, 0.3) is 0 Å². The van der Waals surface area contributed by atoms with E-state index in [-0.39, 0.29) is 5.92 Å². The molecule has 0 fully saturated rings. The summed E-state index contributed by atoms with van der Waals surface area (Å²) >= 11 is 2.23. The quantitative estimate of drug-likeness (QED) is 0.516. The molecule has 0 aliphatic heterocycles. The van der Waals surface area contributed by atoms with Crippen LogP contribution in [0, 0.1) is 9.49 Å². The van der Waals surface area contributed by atoms with Gasteiger partial charge < -0.3 is 10.4 Å². The molecule has 0 aliphatic rings. The number of aromatic nitrogens is 2. The second kappa shape index (κ2) is 7.99. The van der Waals surface area contributed by atoms with Gasteiger partial charge in [-0.3, -0.25) is 0 Å². The van der Waals surface area contributed by atoms with Crippen molar-refractivity contribution in [3.63, 3.8) is 0 Å². The number of halogens is 1. The number of nitrogens with one attached hydrogen (secondary N) is 1. The van der Waals surface area contributed by atoms with E-state index >= 15 is 0 Å². The van der Waals surface area contributed by atoms with E-state index in [1.54, 1.807) is 0 Å². The molecule has 1 heterocycles. The summed E-state index contributed by atoms with van der Waals surface area (Å²) in [5.74, 6) is 0.230. The van der Waals surface area contributed by atoms with E-state index in [9.17, 15) is 9.90 Å². The highest BCUT2D eigenvalue weighted by Gasteiger charge is 2.25. The highest BCUT2D eigenvalue weighted by Crippen LogP contribution is 2.28. The van der Waals surface area contributed by atoms with Crippen molar-refractivity contribution in [1.82, 2.24) is 9.97 Å². The largest absolute Gasteiger partial charge is 0.480 e. The van der Waals surface area contributed by atoms with E-state index in [0.29, 0.717) is 11.6 Å². The molecule has 5 nitrogen and oxygen atoms in total. The van der Waals surface area contributed by atoms with Gasteiger partial charge >= 0.3 is 5.97 Å². The molecule has 0 aliphatic carbocycles. The lowest BCUT2D eigenvalue weighted by Crippen LogP contribution is -2.35. The molecule has 0 bridgehead atoms. The summed E-state index contributed by atoms with van der Waals surface area (Å²) in [6.45, 7) is 3.91. The van der Waals surface area contributed by atoms with Crippen molar-refractivity contribution < 1.29 is 9.90 Å². The zero-order chi connectivity index (χ0) is 18.7. The van der Waals surface area contributed by atoms with Crippen LogP contribution in [0.5, 0.6) is 0 Å². The summed E-state index contributed by atoms with van der Waals surface area (Å²) in [7, 11) is 0. The smallest absolute Gasteiger partial charge is 0.326 e. The lowest BCUT2D eigenvalue weighted by atomic mass is 9.99. The number of aliphatic carboxylic acids is 1. The van der Waals surface area contributed by atoms with Crippen LogP contribution >= 0.6 is 22.6 Å². The number of nitrogens with zero attached hydrogens (tertiary/aromatic N) is 2. The maximum atomic E-state index is 11.8. The summed E-state index contributed by atoms with van der Waals surface area (Å²) in [5, 5.41) is 13.6. The first-order valence-electron chi connectivity index (χ1n) is 8.51. The van der Waals surface area contributed by atoms with Crippen LogP contribution in [0.1, 0.15) is 20.3 Å². The second-order valence-corrected chi connectivity index (χ2v) is 7.51. The fraction of sp³-hybridized carbons (Fsp3) is 0.250. The predicted molar refractivity (Wildman–Crippen MR) is 112 cm³/mol. The Morgan fingerprint density at radius 3 is 2.58 bits per heavy atom. The Morgan fingerprint density at radius 2 is 1.92 bits per heavy atom. The van der Waals surface area contributed by atoms with Gasteiger partial charge in [-0.2, -0.15) is 0 Å². The Labute approximate surface area is 166 Å². The van der Waals surface area contributed by atoms with Gasteiger partial charge in [0.1, 0.15) is 11.9 Å². The van der Waals surface area contributed by atoms with Crippen molar-refractivity contribution in [3.05, 3.63) is 52.1 Å². The van der Waals surface area contributed by atoms with E-state index in [4.69, 9.17) is 0 Å². The summed E-state index contributed by atoms with van der Waals surface area (Å²) in [6, 6.07) is 14.9. The van der Waals surface area contributed by atoms with Crippen LogP contribution in [0.3, 0.4) is 0 Å². The summed E-state index contributed by atoms with van der Waals surface area (Å²) < 4.78 is 1.05. The number of rotatable bonds is 6. The fourth-order valence-corrected chi connectivity index (χ4v) is 3.25. The Bertz CT molecular complexity index is 931. The summed E-state index contributed by atoms with van der Waals surface area (Å²) in [5.41, 5.74) is 1.68. The zero-order valence-electron chi connectivity index (χ0n) is 14.6. The molecule has 0 radical (unpaired) electrons. The van der Waals surface area contributed by atoms with Crippen LogP contribution in [0.2, 0.25) is 0 Å². The number of carboxylic acids is 1. The van der Waals surface area contributed by atoms with Crippen molar-refractivity contribution in [1.29, 1.82) is 0 Å². The van der Waals surface area contributed by atoms with Crippen LogP contribution in [0.25, 0.3) is 22.3 Å². The molecule has 0 spiro atoms. The standard InChI is InChI=1S/C20H20IN3O2/c1-3-12(2)17(20(25)26)23-19-15-11-14(21)9-10-16(15)22-18(24-19)13-7-5-4-6-8-13/h4-12,17H,3H2,1-2H3,(H,25,26)(H,22,23,24)/t12-,17-/m0/s1. The number of carbonyl (C=O) groups is 1. The highest BCUT2D eigenvalue weighted by molar-refractivity contribution is 14.1. The number of fused-ring (bicyclic) bond motifs is 1. The van der Waals surface area contributed by atoms with Gasteiger partial charge in [-0.25, -0.2) is 14.8 Å². The van der Waals surface area contributed by atoms with Gasteiger partial charge in [0.05, 0.1) is 5.52 Å². The number of hydrogen-bond donors (Lipinski definition) is 2.